The first-order chi connectivity index (χ1) is 9.62. The van der Waals surface area contributed by atoms with E-state index < -0.39 is 0 Å². The van der Waals surface area contributed by atoms with Crippen LogP contribution in [-0.4, -0.2) is 40.6 Å². The van der Waals surface area contributed by atoms with Crippen molar-refractivity contribution in [2.24, 2.45) is 5.92 Å². The third-order valence-electron chi connectivity index (χ3n) is 3.34. The van der Waals surface area contributed by atoms with Gasteiger partial charge < -0.3 is 10.2 Å². The van der Waals surface area contributed by atoms with E-state index in [0.717, 1.165) is 25.9 Å². The van der Waals surface area contributed by atoms with Gasteiger partial charge >= 0.3 is 0 Å². The zero-order chi connectivity index (χ0) is 15.0. The molecule has 0 aliphatic rings. The van der Waals surface area contributed by atoms with Crippen molar-refractivity contribution in [3.05, 3.63) is 17.8 Å². The lowest BCUT2D eigenvalue weighted by Crippen LogP contribution is -2.35. The quantitative estimate of drug-likeness (QED) is 0.794. The van der Waals surface area contributed by atoms with Crippen molar-refractivity contribution in [3.8, 4) is 0 Å². The molecule has 0 bridgehead atoms. The number of nitrogens with one attached hydrogen (secondary N) is 1. The highest BCUT2D eigenvalue weighted by Gasteiger charge is 2.17. The highest BCUT2D eigenvalue weighted by molar-refractivity contribution is 5.92. The Labute approximate surface area is 121 Å². The van der Waals surface area contributed by atoms with Gasteiger partial charge in [0.1, 0.15) is 5.82 Å². The first kappa shape index (κ1) is 16.4. The molecule has 112 valence electrons. The van der Waals surface area contributed by atoms with Crippen molar-refractivity contribution in [1.29, 1.82) is 0 Å². The molecule has 0 aliphatic carbocycles. The average Bonchev–Trinajstić information content (AvgIpc) is 2.50. The zero-order valence-electron chi connectivity index (χ0n) is 13.0. The third-order valence-corrected chi connectivity index (χ3v) is 3.34. The molecule has 20 heavy (non-hydrogen) atoms. The molecule has 5 heteroatoms. The smallest absolute Gasteiger partial charge is 0.274 e. The Kier molecular flexibility index (Phi) is 6.98. The van der Waals surface area contributed by atoms with Crippen LogP contribution in [0.5, 0.6) is 0 Å². The lowest BCUT2D eigenvalue weighted by Gasteiger charge is -2.23. The van der Waals surface area contributed by atoms with Crippen LogP contribution < -0.4 is 5.32 Å². The van der Waals surface area contributed by atoms with Gasteiger partial charge in [-0.1, -0.05) is 27.2 Å². The number of hydrogen-bond donors (Lipinski definition) is 1. The van der Waals surface area contributed by atoms with Crippen LogP contribution in [-0.2, 0) is 0 Å². The molecular weight excluding hydrogens is 252 g/mol. The van der Waals surface area contributed by atoms with E-state index in [1.165, 1.54) is 0 Å². The minimum Gasteiger partial charge on any atom is -0.369 e. The summed E-state index contributed by atoms with van der Waals surface area (Å²) in [6, 6.07) is 3.56. The summed E-state index contributed by atoms with van der Waals surface area (Å²) in [7, 11) is 0. The molecule has 1 heterocycles. The maximum atomic E-state index is 12.4. The van der Waals surface area contributed by atoms with Crippen molar-refractivity contribution in [3.63, 3.8) is 0 Å². The summed E-state index contributed by atoms with van der Waals surface area (Å²) in [5.74, 6) is 1.17. The maximum Gasteiger partial charge on any atom is 0.274 e. The highest BCUT2D eigenvalue weighted by Crippen LogP contribution is 2.09. The molecule has 0 radical (unpaired) electrons. The fourth-order valence-corrected chi connectivity index (χ4v) is 1.82. The van der Waals surface area contributed by atoms with E-state index in [9.17, 15) is 4.79 Å². The number of hydrogen-bond acceptors (Lipinski definition) is 4. The molecule has 1 unspecified atom stereocenters. The summed E-state index contributed by atoms with van der Waals surface area (Å²) >= 11 is 0. The summed E-state index contributed by atoms with van der Waals surface area (Å²) < 4.78 is 0. The van der Waals surface area contributed by atoms with Crippen LogP contribution in [0.25, 0.3) is 0 Å². The minimum atomic E-state index is -0.0395. The SMILES string of the molecule is CCCNc1ccc(C(=O)N(CC)CC(C)CC)nn1. The van der Waals surface area contributed by atoms with Crippen LogP contribution in [0.4, 0.5) is 5.82 Å². The first-order valence-electron chi connectivity index (χ1n) is 7.49. The summed E-state index contributed by atoms with van der Waals surface area (Å²) in [4.78, 5) is 14.2. The third kappa shape index (κ3) is 4.79. The molecule has 1 N–H and O–H groups in total. The zero-order valence-corrected chi connectivity index (χ0v) is 13.0. The van der Waals surface area contributed by atoms with Gasteiger partial charge in [0.25, 0.3) is 5.91 Å². The van der Waals surface area contributed by atoms with Crippen molar-refractivity contribution in [2.45, 2.75) is 40.5 Å². The van der Waals surface area contributed by atoms with Crippen LogP contribution in [0.3, 0.4) is 0 Å². The molecule has 1 amide bonds. The summed E-state index contributed by atoms with van der Waals surface area (Å²) in [5, 5.41) is 11.2. The molecule has 1 rings (SSSR count). The van der Waals surface area contributed by atoms with E-state index in [1.54, 1.807) is 6.07 Å². The van der Waals surface area contributed by atoms with E-state index in [0.29, 0.717) is 24.0 Å². The van der Waals surface area contributed by atoms with Gasteiger partial charge in [-0.3, -0.25) is 4.79 Å². The van der Waals surface area contributed by atoms with Crippen molar-refractivity contribution in [1.82, 2.24) is 15.1 Å². The molecule has 5 nitrogen and oxygen atoms in total. The fraction of sp³-hybridized carbons (Fsp3) is 0.667. The van der Waals surface area contributed by atoms with Gasteiger partial charge in [-0.2, -0.15) is 0 Å². The van der Waals surface area contributed by atoms with E-state index >= 15 is 0 Å². The molecule has 0 saturated heterocycles. The van der Waals surface area contributed by atoms with Crippen molar-refractivity contribution in [2.75, 3.05) is 25.0 Å². The minimum absolute atomic E-state index is 0.0395. The molecule has 1 aromatic heterocycles. The van der Waals surface area contributed by atoms with Gasteiger partial charge in [0.15, 0.2) is 5.69 Å². The molecule has 0 aromatic carbocycles. The predicted molar refractivity (Wildman–Crippen MR) is 81.8 cm³/mol. The molecule has 0 spiro atoms. The van der Waals surface area contributed by atoms with Crippen LogP contribution in [0.1, 0.15) is 51.0 Å². The number of carbonyl (C=O) groups is 1. The first-order valence-corrected chi connectivity index (χ1v) is 7.49. The Morgan fingerprint density at radius 2 is 2.05 bits per heavy atom. The normalized spacial score (nSPS) is 12.0. The summed E-state index contributed by atoms with van der Waals surface area (Å²) in [6.07, 6.45) is 2.09. The van der Waals surface area contributed by atoms with Gasteiger partial charge in [-0.05, 0) is 31.4 Å². The topological polar surface area (TPSA) is 58.1 Å². The van der Waals surface area contributed by atoms with Gasteiger partial charge in [0.2, 0.25) is 0 Å². The molecule has 0 aliphatic heterocycles. The summed E-state index contributed by atoms with van der Waals surface area (Å²) in [6.45, 7) is 10.7. The largest absolute Gasteiger partial charge is 0.369 e. The van der Waals surface area contributed by atoms with Gasteiger partial charge in [-0.15, -0.1) is 10.2 Å². The Morgan fingerprint density at radius 1 is 1.30 bits per heavy atom. The Balaban J connectivity index is 2.69. The second kappa shape index (κ2) is 8.51. The summed E-state index contributed by atoms with van der Waals surface area (Å²) in [5.41, 5.74) is 0.414. The molecule has 1 atom stereocenters. The number of aromatic nitrogens is 2. The van der Waals surface area contributed by atoms with Gasteiger partial charge in [0, 0.05) is 19.6 Å². The van der Waals surface area contributed by atoms with E-state index in [-0.39, 0.29) is 5.91 Å². The highest BCUT2D eigenvalue weighted by atomic mass is 16.2. The standard InChI is InChI=1S/C15H26N4O/c1-5-10-16-14-9-8-13(17-18-14)15(20)19(7-3)11-12(4)6-2/h8-9,12H,5-7,10-11H2,1-4H3,(H,16,18). The Hall–Kier alpha value is -1.65. The van der Waals surface area contributed by atoms with Crippen molar-refractivity contribution >= 4 is 11.7 Å². The molecule has 0 saturated carbocycles. The second-order valence-corrected chi connectivity index (χ2v) is 5.09. The van der Waals surface area contributed by atoms with Crippen molar-refractivity contribution < 1.29 is 4.79 Å². The van der Waals surface area contributed by atoms with E-state index in [1.807, 2.05) is 17.9 Å². The van der Waals surface area contributed by atoms with Crippen LogP contribution in [0.15, 0.2) is 12.1 Å². The van der Waals surface area contributed by atoms with E-state index in [4.69, 9.17) is 0 Å². The number of amides is 1. The van der Waals surface area contributed by atoms with Gasteiger partial charge in [-0.25, -0.2) is 0 Å². The molecule has 1 aromatic rings. The number of carbonyl (C=O) groups excluding carboxylic acids is 1. The molecular formula is C15H26N4O. The van der Waals surface area contributed by atoms with Crippen LogP contribution in [0.2, 0.25) is 0 Å². The monoisotopic (exact) mass is 278 g/mol. The number of rotatable bonds is 8. The lowest BCUT2D eigenvalue weighted by molar-refractivity contribution is 0.0734. The Morgan fingerprint density at radius 3 is 2.55 bits per heavy atom. The lowest BCUT2D eigenvalue weighted by atomic mass is 10.1. The van der Waals surface area contributed by atoms with Crippen LogP contribution >= 0.6 is 0 Å². The predicted octanol–water partition coefficient (Wildman–Crippen LogP) is 2.81. The second-order valence-electron chi connectivity index (χ2n) is 5.09. The van der Waals surface area contributed by atoms with E-state index in [2.05, 4.69) is 36.3 Å². The maximum absolute atomic E-state index is 12.4. The fourth-order valence-electron chi connectivity index (χ4n) is 1.82. The average molecular weight is 278 g/mol. The Bertz CT molecular complexity index is 405. The number of anilines is 1. The van der Waals surface area contributed by atoms with Crippen LogP contribution in [0, 0.1) is 5.92 Å². The molecule has 0 fully saturated rings. The number of nitrogens with zero attached hydrogens (tertiary/aromatic N) is 3. The van der Waals surface area contributed by atoms with Gasteiger partial charge in [0.05, 0.1) is 0 Å².